The zero-order valence-electron chi connectivity index (χ0n) is 16.2. The first-order chi connectivity index (χ1) is 14.3. The maximum absolute atomic E-state index is 6.13. The molecule has 6 nitrogen and oxygen atoms in total. The Labute approximate surface area is 179 Å². The predicted octanol–water partition coefficient (Wildman–Crippen LogP) is 4.61. The molecular formula is C21H23N5OS2. The molecule has 1 N–H and O–H groups in total. The minimum absolute atomic E-state index is 0.493. The number of hydrogen-bond donors (Lipinski definition) is 1. The lowest BCUT2D eigenvalue weighted by Crippen LogP contribution is -2.22. The first-order valence-corrected chi connectivity index (χ1v) is 11.4. The van der Waals surface area contributed by atoms with Crippen LogP contribution >= 0.6 is 23.1 Å². The van der Waals surface area contributed by atoms with Crippen molar-refractivity contribution >= 4 is 40.4 Å². The van der Waals surface area contributed by atoms with E-state index in [2.05, 4.69) is 43.4 Å². The minimum Gasteiger partial charge on any atom is -0.485 e. The summed E-state index contributed by atoms with van der Waals surface area (Å²) >= 11 is 3.33. The summed E-state index contributed by atoms with van der Waals surface area (Å²) < 4.78 is 6.13. The standard InChI is InChI=1S/C21H23N5OS2/c1-16-14-29-21(24-16)25-20-19(27-13-17-5-3-2-4-6-17)11-18(12-23-20)28-10-9-26-8-7-22-15-26/h2-6,11-12,14-15H,7-10,13H2,1H3,(H,23,24,25). The first kappa shape index (κ1) is 19.7. The number of pyridine rings is 1. The highest BCUT2D eigenvalue weighted by atomic mass is 32.2. The Hall–Kier alpha value is -2.58. The van der Waals surface area contributed by atoms with E-state index >= 15 is 0 Å². The summed E-state index contributed by atoms with van der Waals surface area (Å²) in [6.07, 6.45) is 3.83. The van der Waals surface area contributed by atoms with Crippen LogP contribution in [-0.4, -0.2) is 46.6 Å². The fourth-order valence-corrected chi connectivity index (χ4v) is 4.39. The molecule has 29 heavy (non-hydrogen) atoms. The molecule has 2 aromatic heterocycles. The molecule has 0 unspecified atom stereocenters. The number of thiazole rings is 1. The summed E-state index contributed by atoms with van der Waals surface area (Å²) in [6.45, 7) is 5.37. The summed E-state index contributed by atoms with van der Waals surface area (Å²) in [5.74, 6) is 2.39. The first-order valence-electron chi connectivity index (χ1n) is 9.49. The molecule has 0 saturated carbocycles. The zero-order chi connectivity index (χ0) is 19.9. The fraction of sp³-hybridized carbons (Fsp3) is 0.286. The summed E-state index contributed by atoms with van der Waals surface area (Å²) in [5.41, 5.74) is 2.11. The van der Waals surface area contributed by atoms with E-state index in [4.69, 9.17) is 4.74 Å². The van der Waals surface area contributed by atoms with Crippen molar-refractivity contribution in [1.82, 2.24) is 14.9 Å². The average molecular weight is 426 g/mol. The molecule has 1 aliphatic rings. The maximum Gasteiger partial charge on any atom is 0.188 e. The Morgan fingerprint density at radius 2 is 2.17 bits per heavy atom. The molecule has 0 amide bonds. The largest absolute Gasteiger partial charge is 0.485 e. The van der Waals surface area contributed by atoms with Gasteiger partial charge in [-0.25, -0.2) is 9.97 Å². The molecule has 150 valence electrons. The molecule has 8 heteroatoms. The lowest BCUT2D eigenvalue weighted by atomic mass is 10.2. The van der Waals surface area contributed by atoms with E-state index in [1.807, 2.05) is 43.0 Å². The quantitative estimate of drug-likeness (QED) is 0.505. The molecule has 0 fully saturated rings. The Morgan fingerprint density at radius 3 is 2.93 bits per heavy atom. The normalized spacial score (nSPS) is 13.1. The van der Waals surface area contributed by atoms with Crippen molar-refractivity contribution in [3.05, 3.63) is 59.2 Å². The van der Waals surface area contributed by atoms with Gasteiger partial charge in [-0.15, -0.1) is 23.1 Å². The van der Waals surface area contributed by atoms with Crippen LogP contribution in [0.5, 0.6) is 5.75 Å². The summed E-state index contributed by atoms with van der Waals surface area (Å²) in [6, 6.07) is 12.2. The smallest absolute Gasteiger partial charge is 0.188 e. The molecule has 0 spiro atoms. The molecule has 0 atom stereocenters. The van der Waals surface area contributed by atoms with Gasteiger partial charge in [-0.1, -0.05) is 30.3 Å². The van der Waals surface area contributed by atoms with E-state index in [-0.39, 0.29) is 0 Å². The predicted molar refractivity (Wildman–Crippen MR) is 121 cm³/mol. The lowest BCUT2D eigenvalue weighted by Gasteiger charge is -2.15. The number of hydrogen-bond acceptors (Lipinski definition) is 8. The summed E-state index contributed by atoms with van der Waals surface area (Å²) in [5, 5.41) is 6.12. The van der Waals surface area contributed by atoms with Gasteiger partial charge in [0.05, 0.1) is 18.6 Å². The van der Waals surface area contributed by atoms with Crippen molar-refractivity contribution in [2.24, 2.45) is 4.99 Å². The third-order valence-electron chi connectivity index (χ3n) is 4.32. The van der Waals surface area contributed by atoms with E-state index < -0.39 is 0 Å². The molecule has 1 aromatic carbocycles. The molecule has 0 aliphatic carbocycles. The second kappa shape index (κ2) is 9.76. The van der Waals surface area contributed by atoms with E-state index in [0.29, 0.717) is 12.4 Å². The number of thioether (sulfide) groups is 1. The minimum atomic E-state index is 0.493. The molecule has 0 bridgehead atoms. The van der Waals surface area contributed by atoms with Crippen LogP contribution in [0.15, 0.2) is 57.9 Å². The van der Waals surface area contributed by atoms with E-state index in [1.165, 1.54) is 0 Å². The van der Waals surface area contributed by atoms with Crippen LogP contribution in [0, 0.1) is 6.92 Å². The fourth-order valence-electron chi connectivity index (χ4n) is 2.82. The van der Waals surface area contributed by atoms with Crippen molar-refractivity contribution in [3.8, 4) is 5.75 Å². The van der Waals surface area contributed by atoms with Gasteiger partial charge < -0.3 is 15.0 Å². The van der Waals surface area contributed by atoms with Crippen LogP contribution in [0.4, 0.5) is 10.9 Å². The van der Waals surface area contributed by atoms with Crippen LogP contribution in [0.25, 0.3) is 0 Å². The monoisotopic (exact) mass is 425 g/mol. The van der Waals surface area contributed by atoms with Crippen molar-refractivity contribution in [3.63, 3.8) is 0 Å². The Kier molecular flexibility index (Phi) is 6.63. The highest BCUT2D eigenvalue weighted by Gasteiger charge is 2.11. The average Bonchev–Trinajstić information content (AvgIpc) is 3.40. The molecule has 0 radical (unpaired) electrons. The number of rotatable bonds is 9. The van der Waals surface area contributed by atoms with Crippen LogP contribution < -0.4 is 10.1 Å². The second-order valence-electron chi connectivity index (χ2n) is 6.62. The highest BCUT2D eigenvalue weighted by molar-refractivity contribution is 7.99. The van der Waals surface area contributed by atoms with Gasteiger partial charge in [-0.05, 0) is 18.6 Å². The highest BCUT2D eigenvalue weighted by Crippen LogP contribution is 2.32. The summed E-state index contributed by atoms with van der Waals surface area (Å²) in [4.78, 5) is 16.7. The SMILES string of the molecule is Cc1csc(Nc2ncc(SCCN3C=NCC3)cc2OCc2ccccc2)n1. The van der Waals surface area contributed by atoms with Crippen LogP contribution in [-0.2, 0) is 6.61 Å². The molecular weight excluding hydrogens is 402 g/mol. The number of aliphatic imine (C=N–C) groups is 1. The van der Waals surface area contributed by atoms with Gasteiger partial charge in [0.1, 0.15) is 6.61 Å². The van der Waals surface area contributed by atoms with E-state index in [0.717, 1.165) is 52.4 Å². The summed E-state index contributed by atoms with van der Waals surface area (Å²) in [7, 11) is 0. The molecule has 0 saturated heterocycles. The molecule has 3 heterocycles. The number of anilines is 2. The van der Waals surface area contributed by atoms with Crippen molar-refractivity contribution in [2.75, 3.05) is 30.7 Å². The second-order valence-corrected chi connectivity index (χ2v) is 8.64. The van der Waals surface area contributed by atoms with Crippen LogP contribution in [0.3, 0.4) is 0 Å². The van der Waals surface area contributed by atoms with Gasteiger partial charge in [-0.2, -0.15) is 0 Å². The van der Waals surface area contributed by atoms with E-state index in [9.17, 15) is 0 Å². The van der Waals surface area contributed by atoms with Gasteiger partial charge >= 0.3 is 0 Å². The Bertz CT molecular complexity index is 961. The number of aromatic nitrogens is 2. The topological polar surface area (TPSA) is 62.6 Å². The van der Waals surface area contributed by atoms with Crippen molar-refractivity contribution < 1.29 is 4.74 Å². The maximum atomic E-state index is 6.13. The van der Waals surface area contributed by atoms with Crippen molar-refractivity contribution in [2.45, 2.75) is 18.4 Å². The number of benzene rings is 1. The number of aryl methyl sites for hydroxylation is 1. The number of nitrogens with zero attached hydrogens (tertiary/aromatic N) is 4. The Morgan fingerprint density at radius 1 is 1.28 bits per heavy atom. The molecule has 1 aliphatic heterocycles. The molecule has 3 aromatic rings. The van der Waals surface area contributed by atoms with Gasteiger partial charge in [0, 0.05) is 35.3 Å². The number of nitrogens with one attached hydrogen (secondary N) is 1. The van der Waals surface area contributed by atoms with E-state index in [1.54, 1.807) is 23.1 Å². The number of ether oxygens (including phenoxy) is 1. The zero-order valence-corrected chi connectivity index (χ0v) is 17.9. The Balaban J connectivity index is 1.45. The lowest BCUT2D eigenvalue weighted by molar-refractivity contribution is 0.306. The third-order valence-corrected chi connectivity index (χ3v) is 6.14. The van der Waals surface area contributed by atoms with Crippen LogP contribution in [0.2, 0.25) is 0 Å². The van der Waals surface area contributed by atoms with Crippen LogP contribution in [0.1, 0.15) is 11.3 Å². The van der Waals surface area contributed by atoms with Gasteiger partial charge in [0.2, 0.25) is 0 Å². The third kappa shape index (κ3) is 5.71. The van der Waals surface area contributed by atoms with Crippen molar-refractivity contribution in [1.29, 1.82) is 0 Å². The van der Waals surface area contributed by atoms with Gasteiger partial charge in [0.25, 0.3) is 0 Å². The van der Waals surface area contributed by atoms with Gasteiger partial charge in [-0.3, -0.25) is 4.99 Å². The molecule has 4 rings (SSSR count). The van der Waals surface area contributed by atoms with Gasteiger partial charge in [0.15, 0.2) is 16.7 Å².